The Labute approximate surface area is 154 Å². The summed E-state index contributed by atoms with van der Waals surface area (Å²) in [6, 6.07) is 0. The number of hydrogen-bond acceptors (Lipinski definition) is 5. The topological polar surface area (TPSA) is 60.2 Å². The molecule has 1 heterocycles. The molecule has 1 aliphatic heterocycles. The Morgan fingerprint density at radius 1 is 0.880 bits per heavy atom. The summed E-state index contributed by atoms with van der Waals surface area (Å²) in [5, 5.41) is 7.83. The van der Waals surface area contributed by atoms with Gasteiger partial charge in [-0.3, -0.25) is 0 Å². The fourth-order valence-electron chi connectivity index (χ4n) is 2.90. The quantitative estimate of drug-likeness (QED) is 0.226. The average Bonchev–Trinajstić information content (AvgIpc) is 3.31. The molecule has 0 aromatic heterocycles. The lowest BCUT2D eigenvalue weighted by Gasteiger charge is -2.18. The first-order chi connectivity index (χ1) is 12.1. The molecule has 0 unspecified atom stereocenters. The number of carbonyl (C=O) groups is 1. The largest absolute Gasteiger partial charge is 0.508 e. The third-order valence-corrected chi connectivity index (χ3v) is 4.76. The van der Waals surface area contributed by atoms with Gasteiger partial charge >= 0.3 is 6.16 Å². The molecule has 0 N–H and O–H groups in total. The van der Waals surface area contributed by atoms with Gasteiger partial charge in [0.2, 0.25) is 0 Å². The standard InChI is InChI=1S/C20H38N2O3/c1-4-6-8-10-12-14-18(15-13-11-9-7-5-2)25-19(23)24-17-16-20(3)21-22-20/h18H,4-17H2,1-3H3. The van der Waals surface area contributed by atoms with Crippen molar-refractivity contribution in [3.63, 3.8) is 0 Å². The van der Waals surface area contributed by atoms with E-state index in [1.54, 1.807) is 0 Å². The molecule has 1 rings (SSSR count). The van der Waals surface area contributed by atoms with Crippen LogP contribution < -0.4 is 0 Å². The molecular formula is C20H38N2O3. The first-order valence-corrected chi connectivity index (χ1v) is 10.4. The highest BCUT2D eigenvalue weighted by Crippen LogP contribution is 2.30. The Bertz CT molecular complexity index is 365. The Morgan fingerprint density at radius 3 is 1.88 bits per heavy atom. The number of nitrogens with zero attached hydrogens (tertiary/aromatic N) is 2. The van der Waals surface area contributed by atoms with Crippen molar-refractivity contribution in [3.05, 3.63) is 0 Å². The van der Waals surface area contributed by atoms with E-state index in [4.69, 9.17) is 9.47 Å². The molecule has 0 atom stereocenters. The maximum Gasteiger partial charge on any atom is 0.508 e. The van der Waals surface area contributed by atoms with E-state index in [9.17, 15) is 4.79 Å². The van der Waals surface area contributed by atoms with E-state index in [0.29, 0.717) is 13.0 Å². The van der Waals surface area contributed by atoms with Gasteiger partial charge in [0.1, 0.15) is 6.10 Å². The van der Waals surface area contributed by atoms with Crippen molar-refractivity contribution in [1.82, 2.24) is 0 Å². The van der Waals surface area contributed by atoms with Crippen LogP contribution in [0.2, 0.25) is 0 Å². The summed E-state index contributed by atoms with van der Waals surface area (Å²) in [6.07, 6.45) is 14.3. The summed E-state index contributed by atoms with van der Waals surface area (Å²) in [5.41, 5.74) is -0.321. The third-order valence-electron chi connectivity index (χ3n) is 4.76. The molecule has 0 aromatic rings. The van der Waals surface area contributed by atoms with E-state index in [1.165, 1.54) is 51.4 Å². The summed E-state index contributed by atoms with van der Waals surface area (Å²) in [7, 11) is 0. The zero-order valence-electron chi connectivity index (χ0n) is 16.6. The van der Waals surface area contributed by atoms with Crippen molar-refractivity contribution in [2.75, 3.05) is 6.61 Å². The van der Waals surface area contributed by atoms with Crippen LogP contribution in [-0.2, 0) is 9.47 Å². The summed E-state index contributed by atoms with van der Waals surface area (Å²) in [5.74, 6) is 0. The van der Waals surface area contributed by atoms with Crippen LogP contribution in [0.15, 0.2) is 10.2 Å². The Balaban J connectivity index is 2.20. The minimum Gasteiger partial charge on any atom is -0.434 e. The van der Waals surface area contributed by atoms with E-state index in [-0.39, 0.29) is 11.8 Å². The van der Waals surface area contributed by atoms with Crippen LogP contribution in [0.4, 0.5) is 4.79 Å². The van der Waals surface area contributed by atoms with Crippen LogP contribution in [0.5, 0.6) is 0 Å². The molecule has 0 saturated heterocycles. The van der Waals surface area contributed by atoms with Gasteiger partial charge in [0.05, 0.1) is 6.61 Å². The van der Waals surface area contributed by atoms with Gasteiger partial charge in [0, 0.05) is 6.42 Å². The lowest BCUT2D eigenvalue weighted by Crippen LogP contribution is -2.21. The van der Waals surface area contributed by atoms with Crippen LogP contribution in [0.25, 0.3) is 0 Å². The Morgan fingerprint density at radius 2 is 1.40 bits per heavy atom. The fourth-order valence-corrected chi connectivity index (χ4v) is 2.90. The summed E-state index contributed by atoms with van der Waals surface area (Å²) in [6.45, 7) is 6.70. The second kappa shape index (κ2) is 13.1. The summed E-state index contributed by atoms with van der Waals surface area (Å²) >= 11 is 0. The van der Waals surface area contributed by atoms with Gasteiger partial charge in [-0.05, 0) is 32.6 Å². The molecule has 5 heteroatoms. The van der Waals surface area contributed by atoms with Crippen molar-refractivity contribution in [1.29, 1.82) is 0 Å². The van der Waals surface area contributed by atoms with Crippen molar-refractivity contribution in [3.8, 4) is 0 Å². The monoisotopic (exact) mass is 354 g/mol. The van der Waals surface area contributed by atoms with Crippen LogP contribution in [0, 0.1) is 0 Å². The van der Waals surface area contributed by atoms with Crippen LogP contribution in [0.3, 0.4) is 0 Å². The second-order valence-corrected chi connectivity index (χ2v) is 7.41. The van der Waals surface area contributed by atoms with Gasteiger partial charge in [-0.2, -0.15) is 10.2 Å². The smallest absolute Gasteiger partial charge is 0.434 e. The minimum absolute atomic E-state index is 0.00152. The van der Waals surface area contributed by atoms with Crippen LogP contribution in [0.1, 0.15) is 104 Å². The van der Waals surface area contributed by atoms with E-state index in [2.05, 4.69) is 24.1 Å². The molecule has 146 valence electrons. The zero-order chi connectivity index (χ0) is 18.4. The number of hydrogen-bond donors (Lipinski definition) is 0. The average molecular weight is 355 g/mol. The molecule has 0 aliphatic carbocycles. The van der Waals surface area contributed by atoms with Gasteiger partial charge in [-0.25, -0.2) is 4.79 Å². The van der Waals surface area contributed by atoms with Crippen molar-refractivity contribution < 1.29 is 14.3 Å². The second-order valence-electron chi connectivity index (χ2n) is 7.41. The summed E-state index contributed by atoms with van der Waals surface area (Å²) < 4.78 is 10.8. The van der Waals surface area contributed by atoms with E-state index >= 15 is 0 Å². The van der Waals surface area contributed by atoms with Crippen molar-refractivity contribution in [2.24, 2.45) is 10.2 Å². The van der Waals surface area contributed by atoms with Crippen LogP contribution in [-0.4, -0.2) is 24.5 Å². The Kier molecular flexibility index (Phi) is 11.5. The predicted molar refractivity (Wildman–Crippen MR) is 101 cm³/mol. The maximum atomic E-state index is 11.9. The fraction of sp³-hybridized carbons (Fsp3) is 0.950. The van der Waals surface area contributed by atoms with Gasteiger partial charge in [0.25, 0.3) is 0 Å². The number of carbonyl (C=O) groups excluding carboxylic acids is 1. The van der Waals surface area contributed by atoms with Crippen molar-refractivity contribution >= 4 is 6.16 Å². The van der Waals surface area contributed by atoms with Gasteiger partial charge in [0.15, 0.2) is 5.66 Å². The molecule has 0 saturated carbocycles. The number of rotatable bonds is 16. The molecule has 0 amide bonds. The number of ether oxygens (including phenoxy) is 2. The SMILES string of the molecule is CCCCCCCC(CCCCCCC)OC(=O)OCCC1(C)N=N1. The predicted octanol–water partition coefficient (Wildman–Crippen LogP) is 6.80. The normalized spacial score (nSPS) is 14.7. The third kappa shape index (κ3) is 12.0. The molecule has 0 bridgehead atoms. The van der Waals surface area contributed by atoms with E-state index < -0.39 is 6.16 Å². The highest BCUT2D eigenvalue weighted by Gasteiger charge is 2.33. The van der Waals surface area contributed by atoms with Gasteiger partial charge in [-0.1, -0.05) is 65.2 Å². The van der Waals surface area contributed by atoms with Crippen molar-refractivity contribution in [2.45, 2.75) is 116 Å². The Hall–Kier alpha value is -1.13. The van der Waals surface area contributed by atoms with Gasteiger partial charge in [-0.15, -0.1) is 0 Å². The first kappa shape index (κ1) is 21.9. The molecule has 0 aromatic carbocycles. The molecule has 1 aliphatic rings. The lowest BCUT2D eigenvalue weighted by atomic mass is 10.0. The highest BCUT2D eigenvalue weighted by molar-refractivity contribution is 5.60. The van der Waals surface area contributed by atoms with E-state index in [1.807, 2.05) is 6.92 Å². The maximum absolute atomic E-state index is 11.9. The molecule has 0 radical (unpaired) electrons. The molecular weight excluding hydrogens is 316 g/mol. The highest BCUT2D eigenvalue weighted by atomic mass is 16.7. The van der Waals surface area contributed by atoms with E-state index in [0.717, 1.165) is 25.7 Å². The zero-order valence-corrected chi connectivity index (χ0v) is 16.6. The first-order valence-electron chi connectivity index (χ1n) is 10.4. The molecule has 0 spiro atoms. The minimum atomic E-state index is -0.531. The summed E-state index contributed by atoms with van der Waals surface area (Å²) in [4.78, 5) is 11.9. The molecule has 5 nitrogen and oxygen atoms in total. The molecule has 25 heavy (non-hydrogen) atoms. The van der Waals surface area contributed by atoms with Crippen LogP contribution >= 0.6 is 0 Å². The van der Waals surface area contributed by atoms with Gasteiger partial charge < -0.3 is 9.47 Å². The lowest BCUT2D eigenvalue weighted by molar-refractivity contribution is 0.0146. The number of unbranched alkanes of at least 4 members (excludes halogenated alkanes) is 8. The molecule has 0 fully saturated rings.